The van der Waals surface area contributed by atoms with E-state index in [2.05, 4.69) is 34.6 Å². The van der Waals surface area contributed by atoms with E-state index in [-0.39, 0.29) is 5.91 Å². The Labute approximate surface area is 210 Å². The first-order valence-corrected chi connectivity index (χ1v) is 12.1. The van der Waals surface area contributed by atoms with E-state index in [9.17, 15) is 4.79 Å². The average molecular weight is 483 g/mol. The van der Waals surface area contributed by atoms with Gasteiger partial charge in [-0.2, -0.15) is 0 Å². The minimum absolute atomic E-state index is 0.0960. The molecular weight excluding hydrogens is 456 g/mol. The molecule has 4 aromatic rings. The van der Waals surface area contributed by atoms with Crippen molar-refractivity contribution in [2.45, 2.75) is 20.0 Å². The van der Waals surface area contributed by atoms with Crippen LogP contribution in [0, 0.1) is 6.92 Å². The smallest absolute Gasteiger partial charge is 0.251 e. The zero-order valence-electron chi connectivity index (χ0n) is 19.6. The maximum atomic E-state index is 12.8. The summed E-state index contributed by atoms with van der Waals surface area (Å²) in [5, 5.41) is 7.15. The molecule has 0 unspecified atom stereocenters. The van der Waals surface area contributed by atoms with E-state index in [1.807, 2.05) is 72.9 Å². The lowest BCUT2D eigenvalue weighted by Gasteiger charge is -2.32. The van der Waals surface area contributed by atoms with Gasteiger partial charge in [0.1, 0.15) is 5.82 Å². The van der Waals surface area contributed by atoms with Crippen molar-refractivity contribution in [3.05, 3.63) is 112 Å². The fraction of sp³-hybridized carbons (Fsp3) is 0.172. The van der Waals surface area contributed by atoms with Gasteiger partial charge in [-0.3, -0.25) is 4.79 Å². The Morgan fingerprint density at radius 2 is 1.89 bits per heavy atom. The number of fused-ring (bicyclic) bond motifs is 1. The molecule has 0 atom stereocenters. The molecular formula is C29H27ClN4O. The number of amides is 1. The summed E-state index contributed by atoms with van der Waals surface area (Å²) >= 11 is 6.26. The number of hydrogen-bond acceptors (Lipinski definition) is 4. The molecule has 0 aliphatic carbocycles. The Hall–Kier alpha value is -3.83. The Morgan fingerprint density at radius 3 is 2.74 bits per heavy atom. The number of anilines is 2. The third-order valence-corrected chi connectivity index (χ3v) is 6.54. The monoisotopic (exact) mass is 482 g/mol. The highest BCUT2D eigenvalue weighted by atomic mass is 35.5. The van der Waals surface area contributed by atoms with E-state index in [4.69, 9.17) is 16.6 Å². The molecule has 1 aromatic heterocycles. The van der Waals surface area contributed by atoms with E-state index in [0.29, 0.717) is 12.1 Å². The Kier molecular flexibility index (Phi) is 6.68. The van der Waals surface area contributed by atoms with Gasteiger partial charge in [0.05, 0.1) is 5.69 Å². The number of aryl methyl sites for hydroxylation is 1. The summed E-state index contributed by atoms with van der Waals surface area (Å²) < 4.78 is 0. The van der Waals surface area contributed by atoms with Gasteiger partial charge in [-0.15, -0.1) is 0 Å². The van der Waals surface area contributed by atoms with Crippen LogP contribution < -0.4 is 15.5 Å². The van der Waals surface area contributed by atoms with Crippen LogP contribution in [-0.4, -0.2) is 24.0 Å². The second kappa shape index (κ2) is 10.2. The van der Waals surface area contributed by atoms with Gasteiger partial charge in [0, 0.05) is 48.5 Å². The minimum atomic E-state index is -0.0960. The van der Waals surface area contributed by atoms with Gasteiger partial charge in [0.25, 0.3) is 5.91 Å². The van der Waals surface area contributed by atoms with Crippen molar-refractivity contribution in [3.63, 3.8) is 0 Å². The zero-order chi connectivity index (χ0) is 24.2. The molecule has 0 spiro atoms. The number of nitrogens with zero attached hydrogens (tertiary/aromatic N) is 2. The first-order valence-electron chi connectivity index (χ1n) is 11.7. The molecule has 1 aliphatic rings. The van der Waals surface area contributed by atoms with Crippen molar-refractivity contribution in [1.29, 1.82) is 0 Å². The van der Waals surface area contributed by atoms with Crippen molar-refractivity contribution < 1.29 is 4.79 Å². The van der Waals surface area contributed by atoms with Crippen LogP contribution >= 0.6 is 11.6 Å². The number of aromatic nitrogens is 1. The van der Waals surface area contributed by atoms with Gasteiger partial charge < -0.3 is 15.5 Å². The van der Waals surface area contributed by atoms with Crippen LogP contribution in [-0.2, 0) is 13.1 Å². The highest BCUT2D eigenvalue weighted by molar-refractivity contribution is 6.30. The van der Waals surface area contributed by atoms with Crippen LogP contribution in [0.25, 0.3) is 11.1 Å². The van der Waals surface area contributed by atoms with E-state index in [0.717, 1.165) is 52.9 Å². The molecule has 1 aliphatic heterocycles. The van der Waals surface area contributed by atoms with Gasteiger partial charge in [-0.05, 0) is 59.5 Å². The first kappa shape index (κ1) is 22.9. The highest BCUT2D eigenvalue weighted by Crippen LogP contribution is 2.33. The van der Waals surface area contributed by atoms with Gasteiger partial charge in [-0.25, -0.2) is 4.98 Å². The molecule has 1 amide bonds. The second-order valence-corrected chi connectivity index (χ2v) is 9.20. The fourth-order valence-corrected chi connectivity index (χ4v) is 4.51. The second-order valence-electron chi connectivity index (χ2n) is 8.76. The largest absolute Gasteiger partial charge is 0.367 e. The number of benzene rings is 3. The number of rotatable bonds is 6. The summed E-state index contributed by atoms with van der Waals surface area (Å²) in [6, 6.07) is 25.8. The van der Waals surface area contributed by atoms with Crippen LogP contribution in [0.4, 0.5) is 11.5 Å². The number of hydrogen-bond donors (Lipinski definition) is 2. The van der Waals surface area contributed by atoms with E-state index in [1.54, 1.807) is 0 Å². The predicted molar refractivity (Wildman–Crippen MR) is 143 cm³/mol. The quantitative estimate of drug-likeness (QED) is 0.350. The molecule has 5 nitrogen and oxygen atoms in total. The highest BCUT2D eigenvalue weighted by Gasteiger charge is 2.20. The van der Waals surface area contributed by atoms with E-state index < -0.39 is 0 Å². The van der Waals surface area contributed by atoms with Crippen molar-refractivity contribution in [2.75, 3.05) is 23.3 Å². The molecule has 6 heteroatoms. The number of carbonyl (C=O) groups excluding carboxylic acids is 1. The van der Waals surface area contributed by atoms with Crippen LogP contribution in [0.2, 0.25) is 5.02 Å². The Morgan fingerprint density at radius 1 is 1.03 bits per heavy atom. The van der Waals surface area contributed by atoms with Gasteiger partial charge >= 0.3 is 0 Å². The van der Waals surface area contributed by atoms with Crippen LogP contribution in [0.5, 0.6) is 0 Å². The van der Waals surface area contributed by atoms with E-state index in [1.165, 1.54) is 11.1 Å². The third-order valence-electron chi connectivity index (χ3n) is 6.31. The molecule has 176 valence electrons. The number of pyridine rings is 1. The lowest BCUT2D eigenvalue weighted by Crippen LogP contribution is -2.34. The molecule has 3 aromatic carbocycles. The lowest BCUT2D eigenvalue weighted by atomic mass is 10.0. The molecule has 0 saturated carbocycles. The molecule has 0 saturated heterocycles. The van der Waals surface area contributed by atoms with E-state index >= 15 is 0 Å². The van der Waals surface area contributed by atoms with Crippen LogP contribution in [0.15, 0.2) is 85.1 Å². The average Bonchev–Trinajstić information content (AvgIpc) is 2.90. The summed E-state index contributed by atoms with van der Waals surface area (Å²) in [6.07, 6.45) is 1.86. The van der Waals surface area contributed by atoms with Crippen molar-refractivity contribution in [2.24, 2.45) is 0 Å². The summed E-state index contributed by atoms with van der Waals surface area (Å²) in [5.74, 6) is 0.776. The Balaban J connectivity index is 1.38. The molecule has 2 heterocycles. The predicted octanol–water partition coefficient (Wildman–Crippen LogP) is 6.07. The van der Waals surface area contributed by atoms with Crippen LogP contribution in [0.3, 0.4) is 0 Å². The molecule has 2 N–H and O–H groups in total. The molecule has 5 rings (SSSR count). The van der Waals surface area contributed by atoms with Crippen molar-refractivity contribution in [3.8, 4) is 11.1 Å². The topological polar surface area (TPSA) is 57.3 Å². The van der Waals surface area contributed by atoms with Crippen LogP contribution in [0.1, 0.15) is 27.0 Å². The van der Waals surface area contributed by atoms with Crippen molar-refractivity contribution >= 4 is 29.0 Å². The molecule has 0 radical (unpaired) electrons. The summed E-state index contributed by atoms with van der Waals surface area (Å²) in [7, 11) is 0. The van der Waals surface area contributed by atoms with Gasteiger partial charge in [0.2, 0.25) is 0 Å². The van der Waals surface area contributed by atoms with Crippen molar-refractivity contribution in [1.82, 2.24) is 10.3 Å². The molecule has 0 fully saturated rings. The summed E-state index contributed by atoms with van der Waals surface area (Å²) in [4.78, 5) is 19.8. The number of halogens is 1. The number of nitrogens with one attached hydrogen (secondary N) is 2. The summed E-state index contributed by atoms with van der Waals surface area (Å²) in [6.45, 7) is 5.06. The fourth-order valence-electron chi connectivity index (χ4n) is 4.32. The minimum Gasteiger partial charge on any atom is -0.367 e. The third kappa shape index (κ3) is 5.31. The standard InChI is InChI=1S/C29H27ClN4O/c1-20-10-11-26(30)15-25(20)19-34-13-12-31-28-27(34)16-24(18-32-28)22-8-5-9-23(14-22)29(35)33-17-21-6-3-2-4-7-21/h2-11,14-16,18H,12-13,17,19H2,1H3,(H,31,32)(H,33,35). The SMILES string of the molecule is Cc1ccc(Cl)cc1CN1CCNc2ncc(-c3cccc(C(=O)NCc4ccccc4)c3)cc21. The molecule has 0 bridgehead atoms. The molecule has 35 heavy (non-hydrogen) atoms. The normalized spacial score (nSPS) is 12.6. The summed E-state index contributed by atoms with van der Waals surface area (Å²) in [5.41, 5.74) is 7.09. The number of carbonyl (C=O) groups is 1. The van der Waals surface area contributed by atoms with Gasteiger partial charge in [-0.1, -0.05) is 60.1 Å². The zero-order valence-corrected chi connectivity index (χ0v) is 20.3. The first-order chi connectivity index (χ1) is 17.1. The maximum absolute atomic E-state index is 12.8. The maximum Gasteiger partial charge on any atom is 0.251 e. The lowest BCUT2D eigenvalue weighted by molar-refractivity contribution is 0.0951. The van der Waals surface area contributed by atoms with Gasteiger partial charge in [0.15, 0.2) is 0 Å². The Bertz CT molecular complexity index is 1360.